The minimum Gasteiger partial charge on any atom is -0.240 e. The molecular weight excluding hydrogens is 341 g/mol. The summed E-state index contributed by atoms with van der Waals surface area (Å²) < 4.78 is 92.7. The van der Waals surface area contributed by atoms with Crippen LogP contribution >= 0.6 is 0 Å². The number of aryl methyl sites for hydroxylation is 3. The third-order valence-electron chi connectivity index (χ3n) is 3.61. The second kappa shape index (κ2) is 5.49. The number of hydrogen-bond acceptors (Lipinski definition) is 1. The van der Waals surface area contributed by atoms with E-state index in [0.717, 1.165) is 5.56 Å². The molecule has 2 rings (SSSR count). The van der Waals surface area contributed by atoms with Gasteiger partial charge in [-0.3, -0.25) is 0 Å². The van der Waals surface area contributed by atoms with E-state index in [1.54, 1.807) is 13.1 Å². The lowest BCUT2D eigenvalue weighted by Crippen LogP contribution is -2.50. The van der Waals surface area contributed by atoms with Crippen LogP contribution in [0.15, 0.2) is 24.5 Å². The quantitative estimate of drug-likeness (QED) is 0.687. The Morgan fingerprint density at radius 1 is 0.833 bits per heavy atom. The van der Waals surface area contributed by atoms with Gasteiger partial charge in [-0.05, 0) is 37.5 Å². The van der Waals surface area contributed by atoms with Crippen LogP contribution in [0.3, 0.4) is 0 Å². The summed E-state index contributed by atoms with van der Waals surface area (Å²) in [6.45, 7) is 4.33. The maximum absolute atomic E-state index is 14.2. The molecule has 0 amide bonds. The van der Waals surface area contributed by atoms with Crippen LogP contribution in [0.2, 0.25) is 0 Å². The van der Waals surface area contributed by atoms with E-state index in [0.29, 0.717) is 17.8 Å². The fourth-order valence-corrected chi connectivity index (χ4v) is 2.54. The minimum absolute atomic E-state index is 0.0450. The van der Waals surface area contributed by atoms with E-state index in [1.165, 1.54) is 24.7 Å². The van der Waals surface area contributed by atoms with Crippen LogP contribution in [0.4, 0.5) is 30.7 Å². The Morgan fingerprint density at radius 2 is 1.29 bits per heavy atom. The van der Waals surface area contributed by atoms with Crippen molar-refractivity contribution in [2.45, 2.75) is 38.8 Å². The first kappa shape index (κ1) is 18.3. The van der Waals surface area contributed by atoms with E-state index in [9.17, 15) is 30.7 Å². The van der Waals surface area contributed by atoms with Gasteiger partial charge in [0.1, 0.15) is 0 Å². The van der Waals surface area contributed by atoms with Gasteiger partial charge in [-0.25, -0.2) is 9.07 Å². The lowest BCUT2D eigenvalue weighted by molar-refractivity contribution is -0.348. The highest BCUT2D eigenvalue weighted by atomic mass is 19.4. The van der Waals surface area contributed by atoms with E-state index in [2.05, 4.69) is 5.10 Å². The average Bonchev–Trinajstić information content (AvgIpc) is 2.80. The van der Waals surface area contributed by atoms with Crippen LogP contribution in [-0.2, 0) is 5.67 Å². The number of halogens is 7. The third kappa shape index (κ3) is 2.76. The van der Waals surface area contributed by atoms with Gasteiger partial charge in [-0.2, -0.15) is 31.4 Å². The Balaban J connectivity index is 2.69. The van der Waals surface area contributed by atoms with Gasteiger partial charge >= 0.3 is 18.0 Å². The molecule has 132 valence electrons. The van der Waals surface area contributed by atoms with Crippen molar-refractivity contribution < 1.29 is 30.7 Å². The first-order chi connectivity index (χ1) is 10.8. The van der Waals surface area contributed by atoms with E-state index in [4.69, 9.17) is 0 Å². The topological polar surface area (TPSA) is 17.8 Å². The molecule has 0 saturated carbocycles. The molecule has 0 saturated heterocycles. The predicted octanol–water partition coefficient (Wildman–Crippen LogP) is 5.09. The SMILES string of the molecule is Cc1cnn(-c2c(C)cc(C(F)(C(F)(F)F)C(F)(F)F)cc2C)c1. The molecule has 2 nitrogen and oxygen atoms in total. The molecule has 0 atom stereocenters. The molecule has 9 heteroatoms. The fourth-order valence-electron chi connectivity index (χ4n) is 2.54. The Kier molecular flexibility index (Phi) is 4.18. The molecule has 24 heavy (non-hydrogen) atoms. The Labute approximate surface area is 132 Å². The molecular formula is C15H13F7N2. The van der Waals surface area contributed by atoms with Gasteiger partial charge in [0.25, 0.3) is 0 Å². The van der Waals surface area contributed by atoms with Crippen LogP contribution in [0.5, 0.6) is 0 Å². The maximum atomic E-state index is 14.2. The molecule has 0 fully saturated rings. The van der Waals surface area contributed by atoms with Crippen molar-refractivity contribution >= 4 is 0 Å². The van der Waals surface area contributed by atoms with Gasteiger partial charge in [0.15, 0.2) is 0 Å². The van der Waals surface area contributed by atoms with Gasteiger partial charge in [-0.1, -0.05) is 12.1 Å². The zero-order chi connectivity index (χ0) is 18.5. The van der Waals surface area contributed by atoms with Crippen LogP contribution in [0.1, 0.15) is 22.3 Å². The van der Waals surface area contributed by atoms with Crippen molar-refractivity contribution in [1.29, 1.82) is 0 Å². The van der Waals surface area contributed by atoms with Gasteiger partial charge in [-0.15, -0.1) is 0 Å². The summed E-state index contributed by atoms with van der Waals surface area (Å²) in [5.41, 5.74) is -5.78. The van der Waals surface area contributed by atoms with Crippen LogP contribution in [0, 0.1) is 20.8 Å². The van der Waals surface area contributed by atoms with E-state index < -0.39 is 23.6 Å². The van der Waals surface area contributed by atoms with Crippen LogP contribution < -0.4 is 0 Å². The second-order valence-corrected chi connectivity index (χ2v) is 5.57. The van der Waals surface area contributed by atoms with Crippen molar-refractivity contribution in [3.8, 4) is 5.69 Å². The first-order valence-corrected chi connectivity index (χ1v) is 6.74. The second-order valence-electron chi connectivity index (χ2n) is 5.57. The number of rotatable bonds is 2. The lowest BCUT2D eigenvalue weighted by atomic mass is 9.90. The zero-order valence-electron chi connectivity index (χ0n) is 12.8. The number of alkyl halides is 7. The van der Waals surface area contributed by atoms with E-state index in [1.807, 2.05) is 0 Å². The van der Waals surface area contributed by atoms with E-state index >= 15 is 0 Å². The third-order valence-corrected chi connectivity index (χ3v) is 3.61. The number of hydrogen-bond donors (Lipinski definition) is 0. The standard InChI is InChI=1S/C15H13F7N2/c1-8-6-23-24(7-8)12-9(2)4-11(5-10(12)3)13(16,14(17,18)19)15(20,21)22/h4-7H,1-3H3. The van der Waals surface area contributed by atoms with Gasteiger partial charge in [0.2, 0.25) is 0 Å². The average molecular weight is 354 g/mol. The molecule has 0 spiro atoms. The van der Waals surface area contributed by atoms with E-state index in [-0.39, 0.29) is 11.1 Å². The van der Waals surface area contributed by atoms with Gasteiger partial charge in [0, 0.05) is 11.8 Å². The first-order valence-electron chi connectivity index (χ1n) is 6.74. The molecule has 0 aliphatic heterocycles. The van der Waals surface area contributed by atoms with Crippen molar-refractivity contribution in [1.82, 2.24) is 9.78 Å². The monoisotopic (exact) mass is 354 g/mol. The summed E-state index contributed by atoms with van der Waals surface area (Å²) >= 11 is 0. The summed E-state index contributed by atoms with van der Waals surface area (Å²) in [5, 5.41) is 3.98. The van der Waals surface area contributed by atoms with Crippen molar-refractivity contribution in [3.05, 3.63) is 46.8 Å². The summed E-state index contributed by atoms with van der Waals surface area (Å²) in [4.78, 5) is 0. The predicted molar refractivity (Wildman–Crippen MR) is 72.7 cm³/mol. The molecule has 0 aliphatic carbocycles. The van der Waals surface area contributed by atoms with Gasteiger partial charge in [0.05, 0.1) is 11.9 Å². The molecule has 0 radical (unpaired) electrons. The highest BCUT2D eigenvalue weighted by Gasteiger charge is 2.73. The molecule has 0 N–H and O–H groups in total. The number of aromatic nitrogens is 2. The largest absolute Gasteiger partial charge is 0.435 e. The van der Waals surface area contributed by atoms with Crippen molar-refractivity contribution in [2.24, 2.45) is 0 Å². The summed E-state index contributed by atoms with van der Waals surface area (Å²) in [7, 11) is 0. The Bertz CT molecular complexity index is 719. The molecule has 0 bridgehead atoms. The highest BCUT2D eigenvalue weighted by molar-refractivity contribution is 5.51. The van der Waals surface area contributed by atoms with Crippen LogP contribution in [0.25, 0.3) is 5.69 Å². The molecule has 2 aromatic rings. The van der Waals surface area contributed by atoms with Crippen molar-refractivity contribution in [3.63, 3.8) is 0 Å². The summed E-state index contributed by atoms with van der Waals surface area (Å²) in [5.74, 6) is 0. The fraction of sp³-hybridized carbons (Fsp3) is 0.400. The zero-order valence-corrected chi connectivity index (χ0v) is 12.8. The summed E-state index contributed by atoms with van der Waals surface area (Å²) in [6.07, 6.45) is -9.22. The number of benzene rings is 1. The lowest BCUT2D eigenvalue weighted by Gasteiger charge is -2.31. The Hall–Kier alpha value is -2.06. The maximum Gasteiger partial charge on any atom is 0.435 e. The van der Waals surface area contributed by atoms with Crippen molar-refractivity contribution in [2.75, 3.05) is 0 Å². The molecule has 1 heterocycles. The normalized spacial score (nSPS) is 13.4. The molecule has 0 aliphatic rings. The van der Waals surface area contributed by atoms with Crippen LogP contribution in [-0.4, -0.2) is 22.1 Å². The minimum atomic E-state index is -6.13. The molecule has 1 aromatic heterocycles. The number of nitrogens with zero attached hydrogens (tertiary/aromatic N) is 2. The molecule has 1 aromatic carbocycles. The smallest absolute Gasteiger partial charge is 0.240 e. The highest BCUT2D eigenvalue weighted by Crippen LogP contribution is 2.53. The van der Waals surface area contributed by atoms with Gasteiger partial charge < -0.3 is 0 Å². The molecule has 0 unspecified atom stereocenters. The summed E-state index contributed by atoms with van der Waals surface area (Å²) in [6, 6.07) is 1.11. The Morgan fingerprint density at radius 3 is 1.62 bits per heavy atom.